The number of hydrogen-bond donors (Lipinski definition) is 1. The molecule has 86 valence electrons. The van der Waals surface area contributed by atoms with Gasteiger partial charge in [-0.3, -0.25) is 0 Å². The Labute approximate surface area is 104 Å². The lowest BCUT2D eigenvalue weighted by Gasteiger charge is -2.07. The number of aromatic nitrogens is 1. The maximum absolute atomic E-state index is 5.85. The molecule has 1 aliphatic rings. The van der Waals surface area contributed by atoms with E-state index in [9.17, 15) is 0 Å². The van der Waals surface area contributed by atoms with Gasteiger partial charge in [-0.1, -0.05) is 28.9 Å². The zero-order valence-corrected chi connectivity index (χ0v) is 9.82. The lowest BCUT2D eigenvalue weighted by atomic mass is 10.0. The van der Waals surface area contributed by atoms with Gasteiger partial charge in [0.2, 0.25) is 0 Å². The summed E-state index contributed by atoms with van der Waals surface area (Å²) in [5.41, 5.74) is 3.07. The zero-order chi connectivity index (χ0) is 11.7. The van der Waals surface area contributed by atoms with Gasteiger partial charge in [0.1, 0.15) is 5.71 Å². The summed E-state index contributed by atoms with van der Waals surface area (Å²) < 4.78 is 0. The molecule has 1 atom stereocenters. The monoisotopic (exact) mass is 246 g/mol. The van der Waals surface area contributed by atoms with E-state index < -0.39 is 0 Å². The molecular weight excluding hydrogens is 236 g/mol. The fraction of sp³-hybridized carbons (Fsp3) is 0.154. The summed E-state index contributed by atoms with van der Waals surface area (Å²) in [5.74, 6) is 0. The first-order valence-corrected chi connectivity index (χ1v) is 5.82. The number of H-pyrrole nitrogens is 1. The molecule has 0 spiro atoms. The molecule has 2 heterocycles. The average Bonchev–Trinajstić information content (AvgIpc) is 3.00. The van der Waals surface area contributed by atoms with E-state index in [-0.39, 0.29) is 6.10 Å². The summed E-state index contributed by atoms with van der Waals surface area (Å²) in [6, 6.07) is 11.6. The van der Waals surface area contributed by atoms with E-state index in [0.717, 1.165) is 28.4 Å². The Morgan fingerprint density at radius 2 is 2.06 bits per heavy atom. The van der Waals surface area contributed by atoms with Crippen molar-refractivity contribution < 1.29 is 4.84 Å². The van der Waals surface area contributed by atoms with Crippen LogP contribution in [0.2, 0.25) is 5.02 Å². The van der Waals surface area contributed by atoms with Crippen molar-refractivity contribution in [3.63, 3.8) is 0 Å². The fourth-order valence-electron chi connectivity index (χ4n) is 1.90. The first-order chi connectivity index (χ1) is 8.33. The predicted molar refractivity (Wildman–Crippen MR) is 67.2 cm³/mol. The van der Waals surface area contributed by atoms with Crippen LogP contribution in [-0.2, 0) is 4.84 Å². The molecule has 0 saturated heterocycles. The maximum Gasteiger partial charge on any atom is 0.158 e. The second-order valence-corrected chi connectivity index (χ2v) is 4.41. The molecular formula is C13H11ClN2O. The van der Waals surface area contributed by atoms with Gasteiger partial charge in [-0.25, -0.2) is 0 Å². The predicted octanol–water partition coefficient (Wildman–Crippen LogP) is 3.53. The number of rotatable bonds is 2. The van der Waals surface area contributed by atoms with Crippen molar-refractivity contribution in [3.8, 4) is 0 Å². The van der Waals surface area contributed by atoms with Crippen molar-refractivity contribution in [2.75, 3.05) is 0 Å². The normalized spacial score (nSPS) is 18.9. The van der Waals surface area contributed by atoms with Crippen molar-refractivity contribution in [2.45, 2.75) is 12.5 Å². The van der Waals surface area contributed by atoms with Crippen molar-refractivity contribution in [3.05, 3.63) is 58.9 Å². The van der Waals surface area contributed by atoms with Crippen LogP contribution in [0.25, 0.3) is 0 Å². The summed E-state index contributed by atoms with van der Waals surface area (Å²) in [4.78, 5) is 8.57. The number of benzene rings is 1. The number of nitrogens with one attached hydrogen (secondary N) is 1. The summed E-state index contributed by atoms with van der Waals surface area (Å²) in [7, 11) is 0. The van der Waals surface area contributed by atoms with Gasteiger partial charge in [-0.2, -0.15) is 0 Å². The Hall–Kier alpha value is -1.74. The lowest BCUT2D eigenvalue weighted by molar-refractivity contribution is 0.0857. The molecule has 1 N–H and O–H groups in total. The van der Waals surface area contributed by atoms with Crippen LogP contribution in [0.15, 0.2) is 47.8 Å². The summed E-state index contributed by atoms with van der Waals surface area (Å²) in [5, 5.41) is 4.84. The van der Waals surface area contributed by atoms with Crippen LogP contribution < -0.4 is 0 Å². The smallest absolute Gasteiger partial charge is 0.158 e. The van der Waals surface area contributed by atoms with Crippen LogP contribution in [0.5, 0.6) is 0 Å². The van der Waals surface area contributed by atoms with Gasteiger partial charge in [0.05, 0.1) is 5.69 Å². The number of nitrogens with zero attached hydrogens (tertiary/aromatic N) is 1. The van der Waals surface area contributed by atoms with Crippen LogP contribution in [0.4, 0.5) is 0 Å². The zero-order valence-electron chi connectivity index (χ0n) is 9.06. The second kappa shape index (κ2) is 4.26. The van der Waals surface area contributed by atoms with Crippen molar-refractivity contribution in [2.24, 2.45) is 5.16 Å². The molecule has 0 amide bonds. The van der Waals surface area contributed by atoms with Gasteiger partial charge >= 0.3 is 0 Å². The van der Waals surface area contributed by atoms with E-state index in [4.69, 9.17) is 16.4 Å². The molecule has 1 aliphatic heterocycles. The van der Waals surface area contributed by atoms with Gasteiger partial charge < -0.3 is 9.82 Å². The fourth-order valence-corrected chi connectivity index (χ4v) is 2.03. The third-order valence-electron chi connectivity index (χ3n) is 2.82. The van der Waals surface area contributed by atoms with Crippen LogP contribution in [0.3, 0.4) is 0 Å². The third-order valence-corrected chi connectivity index (χ3v) is 3.07. The molecule has 1 aromatic carbocycles. The molecule has 0 bridgehead atoms. The number of oxime groups is 1. The Balaban J connectivity index is 1.76. The Morgan fingerprint density at radius 1 is 1.24 bits per heavy atom. The average molecular weight is 247 g/mol. The second-order valence-electron chi connectivity index (χ2n) is 3.97. The Morgan fingerprint density at radius 3 is 2.76 bits per heavy atom. The van der Waals surface area contributed by atoms with E-state index >= 15 is 0 Å². The topological polar surface area (TPSA) is 37.4 Å². The quantitative estimate of drug-likeness (QED) is 0.865. The largest absolute Gasteiger partial charge is 0.387 e. The molecule has 0 fully saturated rings. The maximum atomic E-state index is 5.85. The SMILES string of the molecule is Clc1ccc(C2CC(c3ccc[nH]3)=NO2)cc1. The lowest BCUT2D eigenvalue weighted by Crippen LogP contribution is -2.01. The molecule has 0 saturated carbocycles. The van der Waals surface area contributed by atoms with Crippen LogP contribution in [0, 0.1) is 0 Å². The van der Waals surface area contributed by atoms with Crippen LogP contribution in [0.1, 0.15) is 23.8 Å². The number of halogens is 1. The molecule has 17 heavy (non-hydrogen) atoms. The Bertz CT molecular complexity index is 531. The third kappa shape index (κ3) is 2.06. The molecule has 3 nitrogen and oxygen atoms in total. The first kappa shape index (κ1) is 10.4. The molecule has 4 heteroatoms. The number of aromatic amines is 1. The molecule has 1 unspecified atom stereocenters. The summed E-state index contributed by atoms with van der Waals surface area (Å²) in [6.45, 7) is 0. The van der Waals surface area contributed by atoms with E-state index in [1.165, 1.54) is 0 Å². The molecule has 0 aliphatic carbocycles. The van der Waals surface area contributed by atoms with E-state index in [0.29, 0.717) is 0 Å². The Kier molecular flexibility index (Phi) is 2.61. The number of hydrogen-bond acceptors (Lipinski definition) is 2. The molecule has 3 rings (SSSR count). The molecule has 2 aromatic rings. The van der Waals surface area contributed by atoms with Crippen LogP contribution >= 0.6 is 11.6 Å². The molecule has 0 radical (unpaired) electrons. The first-order valence-electron chi connectivity index (χ1n) is 5.45. The summed E-state index contributed by atoms with van der Waals surface area (Å²) in [6.07, 6.45) is 2.65. The van der Waals surface area contributed by atoms with Gasteiger partial charge in [0.15, 0.2) is 6.10 Å². The highest BCUT2D eigenvalue weighted by Crippen LogP contribution is 2.29. The minimum atomic E-state index is -0.00873. The summed E-state index contributed by atoms with van der Waals surface area (Å²) >= 11 is 5.85. The van der Waals surface area contributed by atoms with Crippen molar-refractivity contribution >= 4 is 17.3 Å². The van der Waals surface area contributed by atoms with Crippen molar-refractivity contribution in [1.82, 2.24) is 4.98 Å². The van der Waals surface area contributed by atoms with Gasteiger partial charge in [0, 0.05) is 17.6 Å². The van der Waals surface area contributed by atoms with E-state index in [2.05, 4.69) is 10.1 Å². The van der Waals surface area contributed by atoms with Gasteiger partial charge in [0.25, 0.3) is 0 Å². The highest BCUT2D eigenvalue weighted by Gasteiger charge is 2.24. The van der Waals surface area contributed by atoms with Gasteiger partial charge in [-0.05, 0) is 29.8 Å². The highest BCUT2D eigenvalue weighted by molar-refractivity contribution is 6.30. The molecule has 1 aromatic heterocycles. The minimum absolute atomic E-state index is 0.00873. The van der Waals surface area contributed by atoms with E-state index in [1.54, 1.807) is 0 Å². The van der Waals surface area contributed by atoms with Gasteiger partial charge in [-0.15, -0.1) is 0 Å². The highest BCUT2D eigenvalue weighted by atomic mass is 35.5. The van der Waals surface area contributed by atoms with Crippen molar-refractivity contribution in [1.29, 1.82) is 0 Å². The standard InChI is InChI=1S/C13H11ClN2O/c14-10-5-3-9(4-6-10)13-8-12(16-17-13)11-2-1-7-15-11/h1-7,13,15H,8H2. The van der Waals surface area contributed by atoms with E-state index in [1.807, 2.05) is 42.6 Å². The van der Waals surface area contributed by atoms with Crippen LogP contribution in [-0.4, -0.2) is 10.7 Å². The minimum Gasteiger partial charge on any atom is -0.387 e.